The predicted molar refractivity (Wildman–Crippen MR) is 90.8 cm³/mol. The molecule has 0 saturated heterocycles. The van der Waals surface area contributed by atoms with Crippen LogP contribution >= 0.6 is 23.2 Å². The number of aromatic nitrogens is 2. The van der Waals surface area contributed by atoms with Gasteiger partial charge in [0.25, 0.3) is 10.0 Å². The van der Waals surface area contributed by atoms with Gasteiger partial charge in [-0.15, -0.1) is 0 Å². The zero-order chi connectivity index (χ0) is 16.4. The molecule has 0 aliphatic rings. The standard InChI is InChI=1S/C15H11Cl2N3O2S/c16-14-15(17)20(10-18-14)12-8-6-11(7-9-12)19-23(21,22)13-4-2-1-3-5-13/h1-10,19H. The molecule has 0 saturated carbocycles. The molecule has 0 atom stereocenters. The summed E-state index contributed by atoms with van der Waals surface area (Å²) in [4.78, 5) is 4.10. The van der Waals surface area contributed by atoms with Crippen molar-refractivity contribution in [3.05, 3.63) is 71.2 Å². The van der Waals surface area contributed by atoms with Crippen molar-refractivity contribution in [2.24, 2.45) is 0 Å². The van der Waals surface area contributed by atoms with E-state index >= 15 is 0 Å². The SMILES string of the molecule is O=S(=O)(Nc1ccc(-n2cnc(Cl)c2Cl)cc1)c1ccccc1. The molecular formula is C15H11Cl2N3O2S. The highest BCUT2D eigenvalue weighted by atomic mass is 35.5. The Morgan fingerprint density at radius 3 is 2.17 bits per heavy atom. The van der Waals surface area contributed by atoms with Crippen LogP contribution in [0.5, 0.6) is 0 Å². The first-order chi connectivity index (χ1) is 11.0. The third kappa shape index (κ3) is 3.34. The first-order valence-electron chi connectivity index (χ1n) is 6.54. The monoisotopic (exact) mass is 367 g/mol. The van der Waals surface area contributed by atoms with E-state index in [-0.39, 0.29) is 10.0 Å². The number of rotatable bonds is 4. The maximum atomic E-state index is 12.2. The maximum Gasteiger partial charge on any atom is 0.261 e. The van der Waals surface area contributed by atoms with Crippen LogP contribution in [-0.4, -0.2) is 18.0 Å². The number of benzene rings is 2. The van der Waals surface area contributed by atoms with Crippen molar-refractivity contribution >= 4 is 38.9 Å². The molecule has 1 heterocycles. The summed E-state index contributed by atoms with van der Waals surface area (Å²) < 4.78 is 28.6. The number of anilines is 1. The van der Waals surface area contributed by atoms with Crippen LogP contribution in [0.2, 0.25) is 10.3 Å². The molecule has 2 aromatic carbocycles. The second kappa shape index (κ2) is 6.23. The van der Waals surface area contributed by atoms with Crippen molar-refractivity contribution in [1.29, 1.82) is 0 Å². The minimum atomic E-state index is -3.61. The van der Waals surface area contributed by atoms with Gasteiger partial charge in [0.1, 0.15) is 6.33 Å². The number of imidazole rings is 1. The summed E-state index contributed by atoms with van der Waals surface area (Å²) >= 11 is 11.8. The van der Waals surface area contributed by atoms with E-state index in [1.54, 1.807) is 47.0 Å². The molecular weight excluding hydrogens is 357 g/mol. The van der Waals surface area contributed by atoms with E-state index < -0.39 is 10.0 Å². The van der Waals surface area contributed by atoms with Crippen molar-refractivity contribution < 1.29 is 8.42 Å². The molecule has 0 amide bonds. The number of sulfonamides is 1. The lowest BCUT2D eigenvalue weighted by molar-refractivity contribution is 0.601. The smallest absolute Gasteiger partial charge is 0.261 e. The molecule has 0 aliphatic carbocycles. The van der Waals surface area contributed by atoms with Crippen molar-refractivity contribution in [1.82, 2.24) is 9.55 Å². The van der Waals surface area contributed by atoms with Crippen molar-refractivity contribution in [3.63, 3.8) is 0 Å². The van der Waals surface area contributed by atoms with Crippen molar-refractivity contribution in [2.75, 3.05) is 4.72 Å². The summed E-state index contributed by atoms with van der Waals surface area (Å²) in [5, 5.41) is 0.504. The molecule has 118 valence electrons. The van der Waals surface area contributed by atoms with Gasteiger partial charge in [-0.2, -0.15) is 0 Å². The Hall–Kier alpha value is -2.02. The molecule has 0 fully saturated rings. The first kappa shape index (κ1) is 15.9. The molecule has 0 radical (unpaired) electrons. The van der Waals surface area contributed by atoms with Crippen LogP contribution in [0.25, 0.3) is 5.69 Å². The lowest BCUT2D eigenvalue weighted by atomic mass is 10.3. The van der Waals surface area contributed by atoms with Crippen LogP contribution in [0.3, 0.4) is 0 Å². The summed E-state index contributed by atoms with van der Waals surface area (Å²) in [5.74, 6) is 0. The van der Waals surface area contributed by atoms with E-state index in [4.69, 9.17) is 23.2 Å². The van der Waals surface area contributed by atoms with Crippen molar-refractivity contribution in [3.8, 4) is 5.69 Å². The lowest BCUT2D eigenvalue weighted by Crippen LogP contribution is -2.12. The molecule has 3 rings (SSSR count). The highest BCUT2D eigenvalue weighted by molar-refractivity contribution is 7.92. The van der Waals surface area contributed by atoms with E-state index in [9.17, 15) is 8.42 Å². The Morgan fingerprint density at radius 1 is 0.957 bits per heavy atom. The van der Waals surface area contributed by atoms with Crippen LogP contribution in [0.15, 0.2) is 65.8 Å². The minimum absolute atomic E-state index is 0.202. The fourth-order valence-corrected chi connectivity index (χ4v) is 3.40. The van der Waals surface area contributed by atoms with Gasteiger partial charge in [-0.3, -0.25) is 9.29 Å². The van der Waals surface area contributed by atoms with Crippen LogP contribution < -0.4 is 4.72 Å². The van der Waals surface area contributed by atoms with E-state index in [1.807, 2.05) is 0 Å². The van der Waals surface area contributed by atoms with E-state index in [0.29, 0.717) is 10.8 Å². The third-order valence-corrected chi connectivity index (χ3v) is 5.25. The molecule has 0 aliphatic heterocycles. The number of hydrogen-bond donors (Lipinski definition) is 1. The lowest BCUT2D eigenvalue weighted by Gasteiger charge is -2.09. The fraction of sp³-hybridized carbons (Fsp3) is 0. The Balaban J connectivity index is 1.85. The zero-order valence-corrected chi connectivity index (χ0v) is 14.0. The van der Waals surface area contributed by atoms with E-state index in [0.717, 1.165) is 5.69 Å². The maximum absolute atomic E-state index is 12.2. The summed E-state index contributed by atoms with van der Waals surface area (Å²) in [7, 11) is -3.61. The largest absolute Gasteiger partial charge is 0.288 e. The van der Waals surface area contributed by atoms with Crippen LogP contribution in [-0.2, 0) is 10.0 Å². The summed E-state index contributed by atoms with van der Waals surface area (Å²) in [6.07, 6.45) is 1.49. The molecule has 1 aromatic heterocycles. The minimum Gasteiger partial charge on any atom is -0.288 e. The number of hydrogen-bond acceptors (Lipinski definition) is 3. The predicted octanol–water partition coefficient (Wildman–Crippen LogP) is 3.98. The average Bonchev–Trinajstić information content (AvgIpc) is 2.88. The normalized spacial score (nSPS) is 11.4. The van der Waals surface area contributed by atoms with Gasteiger partial charge in [-0.25, -0.2) is 13.4 Å². The zero-order valence-electron chi connectivity index (χ0n) is 11.6. The second-order valence-corrected chi connectivity index (χ2v) is 7.06. The van der Waals surface area contributed by atoms with Gasteiger partial charge >= 0.3 is 0 Å². The van der Waals surface area contributed by atoms with Crippen LogP contribution in [0.1, 0.15) is 0 Å². The summed E-state index contributed by atoms with van der Waals surface area (Å²) in [6, 6.07) is 14.9. The van der Waals surface area contributed by atoms with Gasteiger partial charge in [0, 0.05) is 11.4 Å². The average molecular weight is 368 g/mol. The molecule has 3 aromatic rings. The first-order valence-corrected chi connectivity index (χ1v) is 8.78. The third-order valence-electron chi connectivity index (χ3n) is 3.12. The molecule has 0 bridgehead atoms. The topological polar surface area (TPSA) is 64.0 Å². The van der Waals surface area contributed by atoms with Crippen molar-refractivity contribution in [2.45, 2.75) is 4.90 Å². The molecule has 0 unspecified atom stereocenters. The number of halogens is 2. The van der Waals surface area contributed by atoms with Gasteiger partial charge in [0.15, 0.2) is 10.3 Å². The van der Waals surface area contributed by atoms with Gasteiger partial charge in [0.05, 0.1) is 4.90 Å². The van der Waals surface area contributed by atoms with Crippen LogP contribution in [0, 0.1) is 0 Å². The Labute approximate surface area is 143 Å². The quantitative estimate of drug-likeness (QED) is 0.758. The molecule has 8 heteroatoms. The Bertz CT molecular complexity index is 923. The van der Waals surface area contributed by atoms with Crippen LogP contribution in [0.4, 0.5) is 5.69 Å². The molecule has 1 N–H and O–H groups in total. The van der Waals surface area contributed by atoms with Gasteiger partial charge < -0.3 is 0 Å². The Morgan fingerprint density at radius 2 is 1.61 bits per heavy atom. The van der Waals surface area contributed by atoms with Gasteiger partial charge in [-0.05, 0) is 36.4 Å². The van der Waals surface area contributed by atoms with Gasteiger partial charge in [0.2, 0.25) is 0 Å². The number of nitrogens with zero attached hydrogens (tertiary/aromatic N) is 2. The van der Waals surface area contributed by atoms with E-state index in [1.165, 1.54) is 18.5 Å². The summed E-state index contributed by atoms with van der Waals surface area (Å²) in [6.45, 7) is 0. The summed E-state index contributed by atoms with van der Waals surface area (Å²) in [5.41, 5.74) is 1.16. The number of nitrogens with one attached hydrogen (secondary N) is 1. The highest BCUT2D eigenvalue weighted by Crippen LogP contribution is 2.25. The Kier molecular flexibility index (Phi) is 4.30. The highest BCUT2D eigenvalue weighted by Gasteiger charge is 2.13. The molecule has 5 nitrogen and oxygen atoms in total. The van der Waals surface area contributed by atoms with E-state index in [2.05, 4.69) is 9.71 Å². The second-order valence-electron chi connectivity index (χ2n) is 4.66. The molecule has 23 heavy (non-hydrogen) atoms. The van der Waals surface area contributed by atoms with Gasteiger partial charge in [-0.1, -0.05) is 41.4 Å². The molecule has 0 spiro atoms. The fourth-order valence-electron chi connectivity index (χ4n) is 2.00.